The molecule has 0 aliphatic carbocycles. The van der Waals surface area contributed by atoms with Gasteiger partial charge in [0.25, 0.3) is 0 Å². The van der Waals surface area contributed by atoms with E-state index in [0.717, 1.165) is 11.1 Å². The van der Waals surface area contributed by atoms with Crippen LogP contribution in [-0.2, 0) is 31.5 Å². The Morgan fingerprint density at radius 2 is 1.55 bits per heavy atom. The summed E-state index contributed by atoms with van der Waals surface area (Å²) in [7, 11) is -4.00. The molecule has 0 aliphatic rings. The van der Waals surface area contributed by atoms with Crippen LogP contribution in [0.15, 0.2) is 60.7 Å². The molecule has 0 aromatic heterocycles. The van der Waals surface area contributed by atoms with Gasteiger partial charge in [0.05, 0.1) is 25.1 Å². The second-order valence-corrected chi connectivity index (χ2v) is 8.61. The van der Waals surface area contributed by atoms with E-state index in [1.165, 1.54) is 0 Å². The van der Waals surface area contributed by atoms with Crippen LogP contribution in [0, 0.1) is 5.92 Å². The summed E-state index contributed by atoms with van der Waals surface area (Å²) >= 11 is 0. The number of carbonyl (C=O) groups is 2. The molecule has 2 rings (SSSR count). The van der Waals surface area contributed by atoms with Crippen molar-refractivity contribution >= 4 is 19.5 Å². The first-order valence-electron chi connectivity index (χ1n) is 9.39. The van der Waals surface area contributed by atoms with E-state index in [-0.39, 0.29) is 95.9 Å². The van der Waals surface area contributed by atoms with E-state index < -0.39 is 25.4 Å². The summed E-state index contributed by atoms with van der Waals surface area (Å²) in [5, 5.41) is 11.3. The van der Waals surface area contributed by atoms with Crippen molar-refractivity contribution in [1.29, 1.82) is 0 Å². The summed E-state index contributed by atoms with van der Waals surface area (Å²) < 4.78 is 17.8. The van der Waals surface area contributed by atoms with Gasteiger partial charge in [0, 0.05) is 6.54 Å². The summed E-state index contributed by atoms with van der Waals surface area (Å²) in [4.78, 5) is 33.4. The number of carbonyl (C=O) groups excluding carboxylic acids is 1. The summed E-state index contributed by atoms with van der Waals surface area (Å²) in [6, 6.07) is 18.6. The molecule has 2 aromatic rings. The Labute approximate surface area is 231 Å². The molecule has 2 atom stereocenters. The topological polar surface area (TPSA) is 113 Å². The van der Waals surface area contributed by atoms with Crippen molar-refractivity contribution in [3.05, 3.63) is 71.8 Å². The van der Waals surface area contributed by atoms with Crippen molar-refractivity contribution in [3.8, 4) is 0 Å². The van der Waals surface area contributed by atoms with Gasteiger partial charge in [0.2, 0.25) is 5.91 Å². The van der Waals surface area contributed by atoms with Gasteiger partial charge in [-0.2, -0.15) is 0 Å². The van der Waals surface area contributed by atoms with Gasteiger partial charge in [-0.05, 0) is 24.0 Å². The largest absolute Gasteiger partial charge is 1.00 e. The number of aliphatic carboxylic acids is 1. The number of benzene rings is 2. The molecule has 0 bridgehead atoms. The number of halogens is 1. The van der Waals surface area contributed by atoms with Crippen molar-refractivity contribution in [3.63, 3.8) is 0 Å². The molecule has 0 radical (unpaired) electrons. The molecule has 2 aromatic carbocycles. The molecule has 10 heteroatoms. The van der Waals surface area contributed by atoms with E-state index in [2.05, 4.69) is 5.32 Å². The molecule has 31 heavy (non-hydrogen) atoms. The van der Waals surface area contributed by atoms with Crippen LogP contribution in [0.3, 0.4) is 0 Å². The Hall–Kier alpha value is -0.544. The van der Waals surface area contributed by atoms with Gasteiger partial charge >= 0.3 is 64.9 Å². The minimum atomic E-state index is -4.00. The van der Waals surface area contributed by atoms with Crippen LogP contribution in [0.2, 0.25) is 0 Å². The number of amides is 1. The fourth-order valence-corrected chi connectivity index (χ4v) is 4.19. The zero-order chi connectivity index (χ0) is 21.1. The Bertz CT molecular complexity index is 840. The van der Waals surface area contributed by atoms with Crippen LogP contribution in [0.4, 0.5) is 0 Å². The standard InChI is InChI=1S/C21H26NO6P.ClH.K/c23-20(24)11-13-22-21(25)19(15-18-9-5-2-6-10-18)16-29(26,27)28-14-12-17-7-3-1-4-8-17;;/h1-10,19H,11-16H2,(H,22,25)(H,23,24)(H,26,27);1H;/q;;+1/p-1. The van der Waals surface area contributed by atoms with Crippen LogP contribution in [0.1, 0.15) is 17.5 Å². The number of hydrogen-bond donors (Lipinski definition) is 3. The zero-order valence-electron chi connectivity index (χ0n) is 17.4. The fraction of sp³-hybridized carbons (Fsp3) is 0.333. The van der Waals surface area contributed by atoms with Gasteiger partial charge in [-0.15, -0.1) is 0 Å². The molecule has 0 saturated heterocycles. The molecule has 0 aliphatic heterocycles. The van der Waals surface area contributed by atoms with Crippen molar-refractivity contribution in [2.24, 2.45) is 5.92 Å². The van der Waals surface area contributed by atoms with Gasteiger partial charge in [-0.25, -0.2) is 0 Å². The van der Waals surface area contributed by atoms with E-state index in [4.69, 9.17) is 9.63 Å². The molecule has 0 fully saturated rings. The molecular weight excluding hydrogens is 468 g/mol. The quantitative estimate of drug-likeness (QED) is 0.213. The third kappa shape index (κ3) is 12.9. The SMILES string of the molecule is O=C(O)CCNC(=O)C(Cc1ccccc1)CP(=O)(O)OCCc1ccccc1.[Cl-].[K+]. The maximum absolute atomic E-state index is 12.6. The second-order valence-electron chi connectivity index (χ2n) is 6.71. The van der Waals surface area contributed by atoms with Crippen LogP contribution in [0.5, 0.6) is 0 Å². The number of carboxylic acids is 1. The smallest absolute Gasteiger partial charge is 1.00 e. The molecule has 0 spiro atoms. The van der Waals surface area contributed by atoms with Gasteiger partial charge < -0.3 is 32.2 Å². The minimum absolute atomic E-state index is 0. The first kappa shape index (κ1) is 30.5. The zero-order valence-corrected chi connectivity index (χ0v) is 22.2. The first-order chi connectivity index (χ1) is 13.9. The third-order valence-electron chi connectivity index (χ3n) is 4.31. The van der Waals surface area contributed by atoms with Gasteiger partial charge in [0.1, 0.15) is 0 Å². The average Bonchev–Trinajstić information content (AvgIpc) is 2.68. The number of nitrogens with one attached hydrogen (secondary N) is 1. The third-order valence-corrected chi connectivity index (χ3v) is 5.80. The Kier molecular flexibility index (Phi) is 15.8. The number of hydrogen-bond acceptors (Lipinski definition) is 4. The van der Waals surface area contributed by atoms with Gasteiger partial charge in [-0.1, -0.05) is 60.7 Å². The van der Waals surface area contributed by atoms with Crippen molar-refractivity contribution in [1.82, 2.24) is 5.32 Å². The molecule has 164 valence electrons. The Morgan fingerprint density at radius 1 is 1.00 bits per heavy atom. The van der Waals surface area contributed by atoms with Crippen LogP contribution >= 0.6 is 7.60 Å². The van der Waals surface area contributed by atoms with E-state index in [9.17, 15) is 19.0 Å². The minimum Gasteiger partial charge on any atom is -1.00 e. The van der Waals surface area contributed by atoms with E-state index in [1.807, 2.05) is 60.7 Å². The fourth-order valence-electron chi connectivity index (χ4n) is 2.86. The van der Waals surface area contributed by atoms with Crippen LogP contribution in [-0.4, -0.2) is 41.2 Å². The normalized spacial score (nSPS) is 13.1. The Balaban J connectivity index is 0.00000450. The Morgan fingerprint density at radius 3 is 2.10 bits per heavy atom. The molecule has 7 nitrogen and oxygen atoms in total. The first-order valence-corrected chi connectivity index (χ1v) is 11.2. The number of rotatable bonds is 12. The summed E-state index contributed by atoms with van der Waals surface area (Å²) in [5.74, 6) is -2.29. The molecular formula is C21H26ClKNO6P. The van der Waals surface area contributed by atoms with Crippen molar-refractivity contribution < 1.29 is 92.5 Å². The maximum atomic E-state index is 12.6. The predicted molar refractivity (Wildman–Crippen MR) is 110 cm³/mol. The average molecular weight is 494 g/mol. The van der Waals surface area contributed by atoms with E-state index >= 15 is 0 Å². The van der Waals surface area contributed by atoms with E-state index in [1.54, 1.807) is 0 Å². The number of carboxylic acid groups (broad SMARTS) is 1. The summed E-state index contributed by atoms with van der Waals surface area (Å²) in [6.07, 6.45) is 0.190. The maximum Gasteiger partial charge on any atom is 1.00 e. The molecule has 1 amide bonds. The van der Waals surface area contributed by atoms with Crippen molar-refractivity contribution in [2.75, 3.05) is 19.3 Å². The van der Waals surface area contributed by atoms with Crippen LogP contribution in [0.25, 0.3) is 0 Å². The molecule has 0 saturated carbocycles. The molecule has 2 unspecified atom stereocenters. The van der Waals surface area contributed by atoms with Gasteiger partial charge in [0.15, 0.2) is 0 Å². The monoisotopic (exact) mass is 493 g/mol. The van der Waals surface area contributed by atoms with E-state index in [0.29, 0.717) is 6.42 Å². The summed E-state index contributed by atoms with van der Waals surface area (Å²) in [6.45, 7) is 0.0283. The second kappa shape index (κ2) is 16.1. The predicted octanol–water partition coefficient (Wildman–Crippen LogP) is -3.11. The molecule has 3 N–H and O–H groups in total. The van der Waals surface area contributed by atoms with Gasteiger partial charge in [-0.3, -0.25) is 14.2 Å². The van der Waals surface area contributed by atoms with Crippen molar-refractivity contribution in [2.45, 2.75) is 19.3 Å². The van der Waals surface area contributed by atoms with Crippen LogP contribution < -0.4 is 69.1 Å². The summed E-state index contributed by atoms with van der Waals surface area (Å²) in [5.41, 5.74) is 1.83. The molecule has 0 heterocycles.